The highest BCUT2D eigenvalue weighted by Crippen LogP contribution is 2.58. The van der Waals surface area contributed by atoms with Crippen LogP contribution < -0.4 is 0 Å². The Kier molecular flexibility index (Phi) is 9.77. The molecule has 6 heteroatoms. The first-order chi connectivity index (χ1) is 7.60. The maximum atomic E-state index is 12.2. The zero-order valence-electron chi connectivity index (χ0n) is 9.75. The zero-order chi connectivity index (χ0) is 12.4. The summed E-state index contributed by atoms with van der Waals surface area (Å²) in [4.78, 5) is 0. The summed E-state index contributed by atoms with van der Waals surface area (Å²) in [5.74, 6) is 0. The number of halogens is 2. The average Bonchev–Trinajstić information content (AvgIpc) is 2.28. The molecule has 0 aliphatic rings. The first kappa shape index (κ1) is 16.5. The lowest BCUT2D eigenvalue weighted by molar-refractivity contribution is 0.207. The first-order valence-corrected chi connectivity index (χ1v) is 7.82. The molecule has 0 aromatic heterocycles. The van der Waals surface area contributed by atoms with Gasteiger partial charge in [-0.15, -0.1) is 0 Å². The van der Waals surface area contributed by atoms with Gasteiger partial charge in [0.15, 0.2) is 0 Å². The molecule has 0 unspecified atom stereocenters. The molecule has 0 saturated heterocycles. The van der Waals surface area contributed by atoms with Crippen molar-refractivity contribution >= 4 is 30.8 Å². The highest BCUT2D eigenvalue weighted by Gasteiger charge is 2.28. The predicted octanol–water partition coefficient (Wildman–Crippen LogP) is 5.09. The van der Waals surface area contributed by atoms with Crippen LogP contribution in [0.25, 0.3) is 0 Å². The molecule has 0 fully saturated rings. The van der Waals surface area contributed by atoms with Crippen LogP contribution in [0.1, 0.15) is 39.5 Å². The molecule has 0 heterocycles. The third-order valence-electron chi connectivity index (χ3n) is 1.87. The summed E-state index contributed by atoms with van der Waals surface area (Å²) in [5.41, 5.74) is 1.04. The van der Waals surface area contributed by atoms with Crippen molar-refractivity contribution in [3.8, 4) is 0 Å². The van der Waals surface area contributed by atoms with Crippen LogP contribution in [0.15, 0.2) is 10.3 Å². The standard InChI is InChI=1S/C10H19Cl2O3P/c1-3-5-7-14-16(13,10(12)9-11)15-8-6-4-2/h9H,3-8H2,1-2H3/b10-9-. The summed E-state index contributed by atoms with van der Waals surface area (Å²) in [5, 5.41) is 0. The summed E-state index contributed by atoms with van der Waals surface area (Å²) in [6, 6.07) is 0. The van der Waals surface area contributed by atoms with Gasteiger partial charge in [-0.05, 0) is 12.8 Å². The van der Waals surface area contributed by atoms with E-state index in [0.717, 1.165) is 31.2 Å². The van der Waals surface area contributed by atoms with Crippen LogP contribution in [0.3, 0.4) is 0 Å². The Morgan fingerprint density at radius 3 is 1.94 bits per heavy atom. The van der Waals surface area contributed by atoms with Gasteiger partial charge >= 0.3 is 7.60 Å². The predicted molar refractivity (Wildman–Crippen MR) is 69.1 cm³/mol. The van der Waals surface area contributed by atoms with Gasteiger partial charge in [0.2, 0.25) is 0 Å². The smallest absolute Gasteiger partial charge is 0.305 e. The molecule has 0 rings (SSSR count). The lowest BCUT2D eigenvalue weighted by Gasteiger charge is -2.17. The molecule has 0 N–H and O–H groups in total. The highest BCUT2D eigenvalue weighted by molar-refractivity contribution is 7.61. The molecule has 0 aliphatic heterocycles. The van der Waals surface area contributed by atoms with E-state index in [0.29, 0.717) is 13.2 Å². The molecular formula is C10H19Cl2O3P. The SMILES string of the molecule is CCCCOP(=O)(OCCCC)/C(Cl)=C\Cl. The fourth-order valence-electron chi connectivity index (χ4n) is 0.878. The van der Waals surface area contributed by atoms with Gasteiger partial charge < -0.3 is 9.05 Å². The van der Waals surface area contributed by atoms with E-state index in [9.17, 15) is 4.57 Å². The summed E-state index contributed by atoms with van der Waals surface area (Å²) < 4.78 is 22.5. The lowest BCUT2D eigenvalue weighted by atomic mass is 10.4. The van der Waals surface area contributed by atoms with Crippen LogP contribution in [0.4, 0.5) is 0 Å². The third kappa shape index (κ3) is 6.27. The second-order valence-corrected chi connectivity index (χ2v) is 6.18. The van der Waals surface area contributed by atoms with Crippen molar-refractivity contribution in [2.45, 2.75) is 39.5 Å². The monoisotopic (exact) mass is 288 g/mol. The number of unbranched alkanes of at least 4 members (excludes halogenated alkanes) is 2. The minimum absolute atomic E-state index is 0.0543. The summed E-state index contributed by atoms with van der Waals surface area (Å²) in [6.45, 7) is 4.76. The lowest BCUT2D eigenvalue weighted by Crippen LogP contribution is -1.99. The molecule has 96 valence electrons. The first-order valence-electron chi connectivity index (χ1n) is 5.46. The van der Waals surface area contributed by atoms with E-state index in [-0.39, 0.29) is 4.77 Å². The van der Waals surface area contributed by atoms with E-state index >= 15 is 0 Å². The Balaban J connectivity index is 4.32. The van der Waals surface area contributed by atoms with Gasteiger partial charge in [-0.1, -0.05) is 49.9 Å². The van der Waals surface area contributed by atoms with Crippen molar-refractivity contribution in [1.82, 2.24) is 0 Å². The zero-order valence-corrected chi connectivity index (χ0v) is 12.2. The van der Waals surface area contributed by atoms with Crippen LogP contribution >= 0.6 is 30.8 Å². The Bertz CT molecular complexity index is 242. The molecule has 0 radical (unpaired) electrons. The molecule has 0 saturated carbocycles. The normalized spacial score (nSPS) is 13.1. The fraction of sp³-hybridized carbons (Fsp3) is 0.800. The average molecular weight is 289 g/mol. The quantitative estimate of drug-likeness (QED) is 0.438. The second kappa shape index (κ2) is 9.49. The van der Waals surface area contributed by atoms with Crippen molar-refractivity contribution in [1.29, 1.82) is 0 Å². The van der Waals surface area contributed by atoms with Crippen molar-refractivity contribution in [3.63, 3.8) is 0 Å². The van der Waals surface area contributed by atoms with E-state index in [4.69, 9.17) is 32.2 Å². The van der Waals surface area contributed by atoms with Gasteiger partial charge in [-0.2, -0.15) is 0 Å². The Morgan fingerprint density at radius 2 is 1.62 bits per heavy atom. The van der Waals surface area contributed by atoms with Crippen LogP contribution in [-0.4, -0.2) is 13.2 Å². The van der Waals surface area contributed by atoms with Crippen LogP contribution in [0.5, 0.6) is 0 Å². The number of hydrogen-bond acceptors (Lipinski definition) is 3. The summed E-state index contributed by atoms with van der Waals surface area (Å²) in [7, 11) is -3.38. The Hall–Kier alpha value is 0.470. The molecular weight excluding hydrogens is 270 g/mol. The molecule has 0 amide bonds. The van der Waals surface area contributed by atoms with Crippen LogP contribution in [-0.2, 0) is 13.6 Å². The largest absolute Gasteiger partial charge is 0.373 e. The van der Waals surface area contributed by atoms with Gasteiger partial charge in [0.25, 0.3) is 0 Å². The molecule has 0 aliphatic carbocycles. The third-order valence-corrected chi connectivity index (χ3v) is 4.78. The van der Waals surface area contributed by atoms with E-state index in [2.05, 4.69) is 0 Å². The maximum absolute atomic E-state index is 12.2. The van der Waals surface area contributed by atoms with E-state index in [1.54, 1.807) is 0 Å². The Morgan fingerprint density at radius 1 is 1.19 bits per heavy atom. The molecule has 0 bridgehead atoms. The van der Waals surface area contributed by atoms with Gasteiger partial charge in [0.1, 0.15) is 4.77 Å². The number of rotatable bonds is 9. The van der Waals surface area contributed by atoms with Gasteiger partial charge in [0.05, 0.1) is 13.2 Å². The molecule has 0 spiro atoms. The molecule has 3 nitrogen and oxygen atoms in total. The Labute approximate surface area is 108 Å². The topological polar surface area (TPSA) is 35.5 Å². The molecule has 16 heavy (non-hydrogen) atoms. The van der Waals surface area contributed by atoms with Crippen molar-refractivity contribution in [2.75, 3.05) is 13.2 Å². The molecule has 0 aromatic carbocycles. The van der Waals surface area contributed by atoms with Crippen LogP contribution in [0.2, 0.25) is 0 Å². The van der Waals surface area contributed by atoms with Crippen molar-refractivity contribution < 1.29 is 13.6 Å². The van der Waals surface area contributed by atoms with E-state index < -0.39 is 7.60 Å². The van der Waals surface area contributed by atoms with Crippen molar-refractivity contribution in [3.05, 3.63) is 10.3 Å². The van der Waals surface area contributed by atoms with Crippen molar-refractivity contribution in [2.24, 2.45) is 0 Å². The summed E-state index contributed by atoms with van der Waals surface area (Å²) in [6.07, 6.45) is 3.54. The van der Waals surface area contributed by atoms with E-state index in [1.807, 2.05) is 13.8 Å². The van der Waals surface area contributed by atoms with E-state index in [1.165, 1.54) is 0 Å². The highest BCUT2D eigenvalue weighted by atomic mass is 35.5. The fourth-order valence-corrected chi connectivity index (χ4v) is 2.71. The summed E-state index contributed by atoms with van der Waals surface area (Å²) >= 11 is 11.2. The molecule has 0 atom stereocenters. The minimum Gasteiger partial charge on any atom is -0.305 e. The van der Waals surface area contributed by atoms with Gasteiger partial charge in [-0.3, -0.25) is 4.57 Å². The van der Waals surface area contributed by atoms with Crippen LogP contribution in [0, 0.1) is 0 Å². The maximum Gasteiger partial charge on any atom is 0.373 e. The van der Waals surface area contributed by atoms with Gasteiger partial charge in [0, 0.05) is 5.54 Å². The minimum atomic E-state index is -3.38. The number of hydrogen-bond donors (Lipinski definition) is 0. The second-order valence-electron chi connectivity index (χ2n) is 3.30. The molecule has 0 aromatic rings. The van der Waals surface area contributed by atoms with Gasteiger partial charge in [-0.25, -0.2) is 0 Å².